The molecule has 0 bridgehead atoms. The molecule has 1 heterocycles. The lowest BCUT2D eigenvalue weighted by atomic mass is 10.1. The summed E-state index contributed by atoms with van der Waals surface area (Å²) in [6, 6.07) is 13.5. The van der Waals surface area contributed by atoms with Crippen LogP contribution in [0.15, 0.2) is 61.0 Å². The number of hydrogen-bond acceptors (Lipinski definition) is 3. The highest BCUT2D eigenvalue weighted by atomic mass is 16.5. The van der Waals surface area contributed by atoms with Crippen molar-refractivity contribution in [3.63, 3.8) is 0 Å². The molecule has 2 aromatic rings. The van der Waals surface area contributed by atoms with Gasteiger partial charge in [0.05, 0.1) is 5.69 Å². The minimum atomic E-state index is -0.174. The van der Waals surface area contributed by atoms with Gasteiger partial charge in [0.25, 0.3) is 5.91 Å². The fourth-order valence-electron chi connectivity index (χ4n) is 1.92. The third-order valence-corrected chi connectivity index (χ3v) is 2.86. The van der Waals surface area contributed by atoms with Crippen molar-refractivity contribution >= 4 is 11.6 Å². The first-order valence-corrected chi connectivity index (χ1v) is 5.81. The van der Waals surface area contributed by atoms with Crippen LogP contribution in [-0.4, -0.2) is 11.0 Å². The van der Waals surface area contributed by atoms with Gasteiger partial charge >= 0.3 is 0 Å². The van der Waals surface area contributed by atoms with E-state index in [4.69, 9.17) is 4.74 Å². The van der Waals surface area contributed by atoms with Crippen molar-refractivity contribution in [3.8, 4) is 11.5 Å². The van der Waals surface area contributed by atoms with Crippen LogP contribution in [0.4, 0.5) is 5.69 Å². The summed E-state index contributed by atoms with van der Waals surface area (Å²) in [5, 5.41) is 9.25. The van der Waals surface area contributed by atoms with Gasteiger partial charge in [0.15, 0.2) is 5.75 Å². The van der Waals surface area contributed by atoms with Gasteiger partial charge in [0.1, 0.15) is 12.0 Å². The van der Waals surface area contributed by atoms with E-state index < -0.39 is 0 Å². The molecule has 1 N–H and O–H groups in total. The molecule has 1 aliphatic heterocycles. The molecule has 0 saturated carbocycles. The van der Waals surface area contributed by atoms with Gasteiger partial charge in [-0.15, -0.1) is 0 Å². The predicted molar refractivity (Wildman–Crippen MR) is 71.1 cm³/mol. The van der Waals surface area contributed by atoms with Crippen LogP contribution in [0.3, 0.4) is 0 Å². The van der Waals surface area contributed by atoms with Gasteiger partial charge in [-0.2, -0.15) is 0 Å². The molecule has 0 saturated heterocycles. The molecule has 4 heteroatoms. The van der Waals surface area contributed by atoms with Crippen molar-refractivity contribution in [2.45, 2.75) is 0 Å². The average Bonchev–Trinajstić information content (AvgIpc) is 2.47. The van der Waals surface area contributed by atoms with Crippen molar-refractivity contribution in [1.29, 1.82) is 0 Å². The quantitative estimate of drug-likeness (QED) is 0.850. The molecule has 0 fully saturated rings. The number of aromatic hydroxyl groups is 1. The summed E-state index contributed by atoms with van der Waals surface area (Å²) < 4.78 is 5.34. The molecular weight excluding hydrogens is 242 g/mol. The summed E-state index contributed by atoms with van der Waals surface area (Å²) >= 11 is 0. The van der Waals surface area contributed by atoms with Crippen molar-refractivity contribution in [2.75, 3.05) is 4.90 Å². The molecule has 0 spiro atoms. The molecule has 94 valence electrons. The molecule has 0 radical (unpaired) electrons. The first-order valence-electron chi connectivity index (χ1n) is 5.81. The Morgan fingerprint density at radius 2 is 1.79 bits per heavy atom. The molecule has 2 aromatic carbocycles. The topological polar surface area (TPSA) is 49.8 Å². The Morgan fingerprint density at radius 1 is 1.05 bits per heavy atom. The lowest BCUT2D eigenvalue weighted by Crippen LogP contribution is -2.27. The highest BCUT2D eigenvalue weighted by Crippen LogP contribution is 2.32. The Labute approximate surface area is 110 Å². The molecule has 0 unspecified atom stereocenters. The fourth-order valence-corrected chi connectivity index (χ4v) is 1.92. The molecule has 19 heavy (non-hydrogen) atoms. The smallest absolute Gasteiger partial charge is 0.262 e. The monoisotopic (exact) mass is 253 g/mol. The third-order valence-electron chi connectivity index (χ3n) is 2.86. The second-order valence-corrected chi connectivity index (χ2v) is 4.09. The zero-order valence-electron chi connectivity index (χ0n) is 9.98. The van der Waals surface area contributed by atoms with E-state index in [0.717, 1.165) is 0 Å². The molecule has 1 aliphatic rings. The van der Waals surface area contributed by atoms with Gasteiger partial charge in [0, 0.05) is 11.8 Å². The molecular formula is C15H11NO3. The molecule has 1 amide bonds. The van der Waals surface area contributed by atoms with Crippen LogP contribution in [0.5, 0.6) is 11.5 Å². The lowest BCUT2D eigenvalue weighted by molar-refractivity contribution is 0.0995. The van der Waals surface area contributed by atoms with Gasteiger partial charge in [-0.3, -0.25) is 9.69 Å². The molecule has 0 aliphatic carbocycles. The fraction of sp³-hybridized carbons (Fsp3) is 0. The van der Waals surface area contributed by atoms with E-state index in [1.807, 2.05) is 18.2 Å². The second-order valence-electron chi connectivity index (χ2n) is 4.09. The van der Waals surface area contributed by atoms with E-state index in [0.29, 0.717) is 17.0 Å². The number of phenols is 1. The van der Waals surface area contributed by atoms with Crippen LogP contribution in [0.1, 0.15) is 10.4 Å². The Bertz CT molecular complexity index is 647. The SMILES string of the molecule is O=C(c1ccc(O)cc1)N1C=COc2ccccc21. The van der Waals surface area contributed by atoms with Crippen LogP contribution >= 0.6 is 0 Å². The summed E-state index contributed by atoms with van der Waals surface area (Å²) in [6.07, 6.45) is 3.05. The Morgan fingerprint density at radius 3 is 2.58 bits per heavy atom. The second kappa shape index (κ2) is 4.49. The maximum absolute atomic E-state index is 12.4. The van der Waals surface area contributed by atoms with E-state index >= 15 is 0 Å². The summed E-state index contributed by atoms with van der Waals surface area (Å²) in [5.74, 6) is 0.596. The van der Waals surface area contributed by atoms with Crippen LogP contribution < -0.4 is 9.64 Å². The average molecular weight is 253 g/mol. The predicted octanol–water partition coefficient (Wildman–Crippen LogP) is 2.90. The zero-order valence-corrected chi connectivity index (χ0v) is 9.98. The summed E-state index contributed by atoms with van der Waals surface area (Å²) in [5.41, 5.74) is 1.20. The van der Waals surface area contributed by atoms with E-state index in [1.54, 1.807) is 24.4 Å². The number of fused-ring (bicyclic) bond motifs is 1. The van der Waals surface area contributed by atoms with E-state index in [9.17, 15) is 9.90 Å². The van der Waals surface area contributed by atoms with Crippen molar-refractivity contribution in [1.82, 2.24) is 0 Å². The maximum atomic E-state index is 12.4. The molecule has 0 atom stereocenters. The maximum Gasteiger partial charge on any atom is 0.262 e. The van der Waals surface area contributed by atoms with Gasteiger partial charge in [-0.05, 0) is 36.4 Å². The number of anilines is 1. The number of rotatable bonds is 1. The number of nitrogens with zero attached hydrogens (tertiary/aromatic N) is 1. The van der Waals surface area contributed by atoms with Crippen LogP contribution in [0, 0.1) is 0 Å². The minimum Gasteiger partial charge on any atom is -0.508 e. The van der Waals surface area contributed by atoms with Gasteiger partial charge in [0.2, 0.25) is 0 Å². The van der Waals surface area contributed by atoms with Crippen LogP contribution in [0.2, 0.25) is 0 Å². The number of phenolic OH excluding ortho intramolecular Hbond substituents is 1. The standard InChI is InChI=1S/C15H11NO3/c17-12-7-5-11(6-8-12)15(18)16-9-10-19-14-4-2-1-3-13(14)16/h1-10,17H. The van der Waals surface area contributed by atoms with E-state index in [-0.39, 0.29) is 11.7 Å². The van der Waals surface area contributed by atoms with Gasteiger partial charge in [-0.25, -0.2) is 0 Å². The van der Waals surface area contributed by atoms with E-state index in [1.165, 1.54) is 23.3 Å². The molecule has 0 aromatic heterocycles. The molecule has 3 rings (SSSR count). The summed E-state index contributed by atoms with van der Waals surface area (Å²) in [7, 11) is 0. The zero-order chi connectivity index (χ0) is 13.2. The van der Waals surface area contributed by atoms with E-state index in [2.05, 4.69) is 0 Å². The van der Waals surface area contributed by atoms with Gasteiger partial charge in [-0.1, -0.05) is 12.1 Å². The van der Waals surface area contributed by atoms with Crippen molar-refractivity contribution in [3.05, 3.63) is 66.6 Å². The van der Waals surface area contributed by atoms with Crippen LogP contribution in [0.25, 0.3) is 0 Å². The normalized spacial score (nSPS) is 12.7. The van der Waals surface area contributed by atoms with Crippen molar-refractivity contribution < 1.29 is 14.6 Å². The van der Waals surface area contributed by atoms with Gasteiger partial charge < -0.3 is 9.84 Å². The first kappa shape index (κ1) is 11.3. The number of para-hydroxylation sites is 2. The Balaban J connectivity index is 1.98. The van der Waals surface area contributed by atoms with Crippen LogP contribution in [-0.2, 0) is 0 Å². The number of hydrogen-bond donors (Lipinski definition) is 1. The minimum absolute atomic E-state index is 0.134. The van der Waals surface area contributed by atoms with Crippen molar-refractivity contribution in [2.24, 2.45) is 0 Å². The first-order chi connectivity index (χ1) is 9.25. The largest absolute Gasteiger partial charge is 0.508 e. The Hall–Kier alpha value is -2.75. The number of ether oxygens (including phenoxy) is 1. The number of carbonyl (C=O) groups is 1. The highest BCUT2D eigenvalue weighted by molar-refractivity contribution is 6.08. The summed E-state index contributed by atoms with van der Waals surface area (Å²) in [6.45, 7) is 0. The highest BCUT2D eigenvalue weighted by Gasteiger charge is 2.21. The lowest BCUT2D eigenvalue weighted by Gasteiger charge is -2.24. The Kier molecular flexibility index (Phi) is 2.68. The number of carbonyl (C=O) groups excluding carboxylic acids is 1. The number of benzene rings is 2. The molecule has 4 nitrogen and oxygen atoms in total. The summed E-state index contributed by atoms with van der Waals surface area (Å²) in [4.78, 5) is 13.9. The number of amides is 1. The third kappa shape index (κ3) is 2.04.